The Hall–Kier alpha value is -0.120. The average molecular weight is 213 g/mol. The molecule has 1 aliphatic carbocycles. The van der Waals surface area contributed by atoms with Gasteiger partial charge in [0.1, 0.15) is 0 Å². The van der Waals surface area contributed by atoms with Crippen LogP contribution in [0.2, 0.25) is 0 Å². The van der Waals surface area contributed by atoms with E-state index in [9.17, 15) is 0 Å². The van der Waals surface area contributed by atoms with Crippen LogP contribution in [0.3, 0.4) is 0 Å². The largest absolute Gasteiger partial charge is 0.377 e. The summed E-state index contributed by atoms with van der Waals surface area (Å²) in [5.74, 6) is 0.866. The van der Waals surface area contributed by atoms with Gasteiger partial charge in [0.05, 0.1) is 12.2 Å². The molecule has 2 aliphatic rings. The SMILES string of the molecule is CC(CNCC1CCCO1)OCC1CC1. The lowest BCUT2D eigenvalue weighted by molar-refractivity contribution is 0.0533. The van der Waals surface area contributed by atoms with Gasteiger partial charge in [-0.15, -0.1) is 0 Å². The minimum Gasteiger partial charge on any atom is -0.377 e. The van der Waals surface area contributed by atoms with Crippen LogP contribution >= 0.6 is 0 Å². The van der Waals surface area contributed by atoms with Crippen molar-refractivity contribution in [2.45, 2.75) is 44.8 Å². The molecule has 0 amide bonds. The first kappa shape index (κ1) is 11.4. The lowest BCUT2D eigenvalue weighted by atomic mass is 10.2. The molecule has 3 nitrogen and oxygen atoms in total. The van der Waals surface area contributed by atoms with Crippen LogP contribution < -0.4 is 5.32 Å². The molecule has 1 saturated heterocycles. The van der Waals surface area contributed by atoms with Crippen molar-refractivity contribution in [1.82, 2.24) is 5.32 Å². The first-order chi connectivity index (χ1) is 7.34. The maximum Gasteiger partial charge on any atom is 0.0700 e. The van der Waals surface area contributed by atoms with Gasteiger partial charge in [-0.3, -0.25) is 0 Å². The summed E-state index contributed by atoms with van der Waals surface area (Å²) < 4.78 is 11.3. The van der Waals surface area contributed by atoms with Crippen molar-refractivity contribution in [3.63, 3.8) is 0 Å². The molecule has 1 saturated carbocycles. The quantitative estimate of drug-likeness (QED) is 0.696. The van der Waals surface area contributed by atoms with Crippen LogP contribution in [0.15, 0.2) is 0 Å². The molecule has 2 fully saturated rings. The predicted molar refractivity (Wildman–Crippen MR) is 60.0 cm³/mol. The van der Waals surface area contributed by atoms with Gasteiger partial charge in [-0.2, -0.15) is 0 Å². The monoisotopic (exact) mass is 213 g/mol. The molecule has 1 heterocycles. The van der Waals surface area contributed by atoms with Gasteiger partial charge in [0.2, 0.25) is 0 Å². The van der Waals surface area contributed by atoms with Gasteiger partial charge in [0.25, 0.3) is 0 Å². The van der Waals surface area contributed by atoms with Crippen LogP contribution in [-0.2, 0) is 9.47 Å². The van der Waals surface area contributed by atoms with Crippen molar-refractivity contribution < 1.29 is 9.47 Å². The Morgan fingerprint density at radius 2 is 2.27 bits per heavy atom. The van der Waals surface area contributed by atoms with E-state index in [-0.39, 0.29) is 0 Å². The zero-order valence-corrected chi connectivity index (χ0v) is 9.71. The van der Waals surface area contributed by atoms with Crippen molar-refractivity contribution in [2.24, 2.45) is 5.92 Å². The van der Waals surface area contributed by atoms with E-state index < -0.39 is 0 Å². The minimum atomic E-state index is 0.340. The maximum atomic E-state index is 5.73. The van der Waals surface area contributed by atoms with Gasteiger partial charge in [-0.25, -0.2) is 0 Å². The minimum absolute atomic E-state index is 0.340. The first-order valence-electron chi connectivity index (χ1n) is 6.28. The molecule has 2 atom stereocenters. The topological polar surface area (TPSA) is 30.5 Å². The van der Waals surface area contributed by atoms with Crippen LogP contribution in [0.1, 0.15) is 32.6 Å². The van der Waals surface area contributed by atoms with Crippen LogP contribution in [0.25, 0.3) is 0 Å². The van der Waals surface area contributed by atoms with Gasteiger partial charge < -0.3 is 14.8 Å². The van der Waals surface area contributed by atoms with Gasteiger partial charge in [0.15, 0.2) is 0 Å². The Balaban J connectivity index is 1.44. The highest BCUT2D eigenvalue weighted by Gasteiger charge is 2.22. The van der Waals surface area contributed by atoms with Gasteiger partial charge >= 0.3 is 0 Å². The third-order valence-corrected chi connectivity index (χ3v) is 3.14. The molecular formula is C12H23NO2. The molecule has 0 radical (unpaired) electrons. The Kier molecular flexibility index (Phi) is 4.42. The summed E-state index contributed by atoms with van der Waals surface area (Å²) in [5.41, 5.74) is 0. The molecule has 15 heavy (non-hydrogen) atoms. The normalized spacial score (nSPS) is 28.2. The van der Waals surface area contributed by atoms with Crippen molar-refractivity contribution in [1.29, 1.82) is 0 Å². The molecule has 0 bridgehead atoms. The van der Waals surface area contributed by atoms with E-state index >= 15 is 0 Å². The molecule has 0 spiro atoms. The molecule has 88 valence electrons. The fourth-order valence-corrected chi connectivity index (χ4v) is 1.90. The summed E-state index contributed by atoms with van der Waals surface area (Å²) in [5, 5.41) is 3.42. The Morgan fingerprint density at radius 3 is 2.93 bits per heavy atom. The summed E-state index contributed by atoms with van der Waals surface area (Å²) in [6.45, 7) is 5.98. The van der Waals surface area contributed by atoms with Crippen LogP contribution in [0.4, 0.5) is 0 Å². The fraction of sp³-hybridized carbons (Fsp3) is 1.00. The molecule has 3 heteroatoms. The summed E-state index contributed by atoms with van der Waals surface area (Å²) in [6.07, 6.45) is 5.96. The molecule has 2 rings (SSSR count). The van der Waals surface area contributed by atoms with Crippen molar-refractivity contribution >= 4 is 0 Å². The van der Waals surface area contributed by atoms with E-state index in [4.69, 9.17) is 9.47 Å². The van der Waals surface area contributed by atoms with Crippen LogP contribution in [0, 0.1) is 5.92 Å². The van der Waals surface area contributed by atoms with Crippen molar-refractivity contribution in [3.05, 3.63) is 0 Å². The maximum absolute atomic E-state index is 5.73. The van der Waals surface area contributed by atoms with Gasteiger partial charge in [0, 0.05) is 26.3 Å². The molecule has 0 aromatic carbocycles. The number of hydrogen-bond acceptors (Lipinski definition) is 3. The highest BCUT2D eigenvalue weighted by molar-refractivity contribution is 4.73. The molecule has 0 aromatic rings. The van der Waals surface area contributed by atoms with E-state index in [0.29, 0.717) is 12.2 Å². The molecule has 2 unspecified atom stereocenters. The molecule has 0 aromatic heterocycles. The average Bonchev–Trinajstić information content (AvgIpc) is 2.92. The summed E-state index contributed by atoms with van der Waals surface area (Å²) in [6, 6.07) is 0. The smallest absolute Gasteiger partial charge is 0.0700 e. The second-order valence-corrected chi connectivity index (χ2v) is 4.88. The first-order valence-corrected chi connectivity index (χ1v) is 6.28. The van der Waals surface area contributed by atoms with Crippen molar-refractivity contribution in [3.8, 4) is 0 Å². The van der Waals surface area contributed by atoms with Crippen molar-refractivity contribution in [2.75, 3.05) is 26.3 Å². The zero-order chi connectivity index (χ0) is 10.5. The number of rotatable bonds is 7. The Morgan fingerprint density at radius 1 is 1.40 bits per heavy atom. The third-order valence-electron chi connectivity index (χ3n) is 3.14. The van der Waals surface area contributed by atoms with E-state index in [2.05, 4.69) is 12.2 Å². The zero-order valence-electron chi connectivity index (χ0n) is 9.71. The number of nitrogens with one attached hydrogen (secondary N) is 1. The van der Waals surface area contributed by atoms with E-state index in [0.717, 1.165) is 32.2 Å². The molecular weight excluding hydrogens is 190 g/mol. The second-order valence-electron chi connectivity index (χ2n) is 4.88. The summed E-state index contributed by atoms with van der Waals surface area (Å²) >= 11 is 0. The Bertz CT molecular complexity index is 176. The van der Waals surface area contributed by atoms with E-state index in [1.807, 2.05) is 0 Å². The Labute approximate surface area is 92.5 Å². The molecule has 1 aliphatic heterocycles. The second kappa shape index (κ2) is 5.83. The lowest BCUT2D eigenvalue weighted by Gasteiger charge is -2.15. The molecule has 1 N–H and O–H groups in total. The van der Waals surface area contributed by atoms with Crippen LogP contribution in [0.5, 0.6) is 0 Å². The predicted octanol–water partition coefficient (Wildman–Crippen LogP) is 1.57. The number of ether oxygens (including phenoxy) is 2. The fourth-order valence-electron chi connectivity index (χ4n) is 1.90. The standard InChI is InChI=1S/C12H23NO2/c1-10(15-9-11-4-5-11)7-13-8-12-3-2-6-14-12/h10-13H,2-9H2,1H3. The highest BCUT2D eigenvalue weighted by Crippen LogP contribution is 2.29. The van der Waals surface area contributed by atoms with Crippen LogP contribution in [-0.4, -0.2) is 38.5 Å². The van der Waals surface area contributed by atoms with Gasteiger partial charge in [-0.05, 0) is 38.5 Å². The number of hydrogen-bond donors (Lipinski definition) is 1. The highest BCUT2D eigenvalue weighted by atomic mass is 16.5. The third kappa shape index (κ3) is 4.49. The summed E-state index contributed by atoms with van der Waals surface area (Å²) in [4.78, 5) is 0. The lowest BCUT2D eigenvalue weighted by Crippen LogP contribution is -2.33. The van der Waals surface area contributed by atoms with Gasteiger partial charge in [-0.1, -0.05) is 0 Å². The van der Waals surface area contributed by atoms with E-state index in [1.54, 1.807) is 0 Å². The summed E-state index contributed by atoms with van der Waals surface area (Å²) in [7, 11) is 0. The van der Waals surface area contributed by atoms with E-state index in [1.165, 1.54) is 25.7 Å².